The molecule has 3 unspecified atom stereocenters. The van der Waals surface area contributed by atoms with Crippen molar-refractivity contribution in [3.63, 3.8) is 0 Å². The first-order valence-corrected chi connectivity index (χ1v) is 12.4. The van der Waals surface area contributed by atoms with Gasteiger partial charge in [-0.25, -0.2) is 4.39 Å². The molecule has 0 aromatic heterocycles. The summed E-state index contributed by atoms with van der Waals surface area (Å²) in [6, 6.07) is 26.0. The van der Waals surface area contributed by atoms with Crippen molar-refractivity contribution in [2.75, 3.05) is 0 Å². The Hall–Kier alpha value is -2.47. The molecule has 0 saturated heterocycles. The normalized spacial score (nSPS) is 14.5. The molecule has 0 aliphatic rings. The van der Waals surface area contributed by atoms with Gasteiger partial charge in [-0.2, -0.15) is 0 Å². The summed E-state index contributed by atoms with van der Waals surface area (Å²) < 4.78 is 29.8. The van der Waals surface area contributed by atoms with Crippen LogP contribution in [0.3, 0.4) is 0 Å². The van der Waals surface area contributed by atoms with Crippen molar-refractivity contribution in [3.8, 4) is 0 Å². The molecule has 3 rings (SSSR count). The maximum atomic E-state index is 13.8. The zero-order chi connectivity index (χ0) is 24.0. The van der Waals surface area contributed by atoms with Gasteiger partial charge in [0.2, 0.25) is 0 Å². The van der Waals surface area contributed by atoms with Crippen LogP contribution in [0.4, 0.5) is 4.39 Å². The Morgan fingerprint density at radius 3 is 1.76 bits per heavy atom. The van der Waals surface area contributed by atoms with Crippen LogP contribution in [-0.4, -0.2) is 21.1 Å². The van der Waals surface area contributed by atoms with E-state index in [1.54, 1.807) is 12.1 Å². The van der Waals surface area contributed by atoms with Gasteiger partial charge >= 0.3 is 0 Å². The molecule has 174 valence electrons. The minimum Gasteiger partial charge on any atom is -0.598 e. The van der Waals surface area contributed by atoms with E-state index in [-0.39, 0.29) is 23.8 Å². The molecule has 0 saturated carbocycles. The fraction of sp³-hybridized carbons (Fsp3) is 0.321. The van der Waals surface area contributed by atoms with Crippen LogP contribution in [0.2, 0.25) is 0 Å². The summed E-state index contributed by atoms with van der Waals surface area (Å²) >= 11 is -1.28. The first-order valence-electron chi connectivity index (χ1n) is 11.3. The zero-order valence-electron chi connectivity index (χ0n) is 20.0. The monoisotopic (exact) mass is 464 g/mol. The number of hydrogen-bond donors (Lipinski definition) is 1. The molecule has 3 atom stereocenters. The van der Waals surface area contributed by atoms with E-state index in [2.05, 4.69) is 18.6 Å². The second-order valence-corrected chi connectivity index (χ2v) is 11.5. The summed E-state index contributed by atoms with van der Waals surface area (Å²) in [5.74, 6) is -0.164. The van der Waals surface area contributed by atoms with Crippen molar-refractivity contribution in [2.45, 2.75) is 51.4 Å². The maximum Gasteiger partial charge on any atom is 0.136 e. The Labute approximate surface area is 200 Å². The molecular formula is C28H33FN2OS. The molecule has 0 heterocycles. The van der Waals surface area contributed by atoms with E-state index >= 15 is 0 Å². The van der Waals surface area contributed by atoms with Gasteiger partial charge in [-0.15, -0.1) is 4.72 Å². The van der Waals surface area contributed by atoms with Crippen LogP contribution in [0.25, 0.3) is 0 Å². The molecule has 3 nitrogen and oxygen atoms in total. The quantitative estimate of drug-likeness (QED) is 0.306. The lowest BCUT2D eigenvalue weighted by molar-refractivity contribution is 0.385. The van der Waals surface area contributed by atoms with Crippen LogP contribution in [0.5, 0.6) is 0 Å². The summed E-state index contributed by atoms with van der Waals surface area (Å²) in [5.41, 5.74) is 3.71. The van der Waals surface area contributed by atoms with E-state index in [0.717, 1.165) is 22.4 Å². The van der Waals surface area contributed by atoms with Gasteiger partial charge in [-0.3, -0.25) is 4.99 Å². The lowest BCUT2D eigenvalue weighted by Crippen LogP contribution is -2.49. The van der Waals surface area contributed by atoms with Crippen molar-refractivity contribution < 1.29 is 8.94 Å². The standard InChI is InChI=1S/C28H33FN2OS/c1-20(2)25(31-33(32)28(3,4)5)27(23-16-18-24(29)19-17-23)30-26(21-12-8-6-9-13-21)22-14-10-7-11-15-22/h6-20,25,27,31H,1-5H3. The first-order chi connectivity index (χ1) is 15.7. The molecule has 33 heavy (non-hydrogen) atoms. The van der Waals surface area contributed by atoms with Gasteiger partial charge in [0, 0.05) is 22.5 Å². The second kappa shape index (κ2) is 11.1. The summed E-state index contributed by atoms with van der Waals surface area (Å²) in [6.45, 7) is 10.0. The third-order valence-electron chi connectivity index (χ3n) is 5.43. The van der Waals surface area contributed by atoms with Gasteiger partial charge in [-0.1, -0.05) is 86.6 Å². The molecule has 0 amide bonds. The molecule has 0 fully saturated rings. The van der Waals surface area contributed by atoms with Crippen molar-refractivity contribution in [2.24, 2.45) is 10.9 Å². The Kier molecular flexibility index (Phi) is 8.46. The summed E-state index contributed by atoms with van der Waals surface area (Å²) in [4.78, 5) is 5.27. The molecule has 5 heteroatoms. The highest BCUT2D eigenvalue weighted by Gasteiger charge is 2.35. The third-order valence-corrected chi connectivity index (χ3v) is 7.03. The van der Waals surface area contributed by atoms with E-state index in [0.29, 0.717) is 0 Å². The lowest BCUT2D eigenvalue weighted by Gasteiger charge is -2.33. The summed E-state index contributed by atoms with van der Waals surface area (Å²) in [6.07, 6.45) is 0. The van der Waals surface area contributed by atoms with Crippen molar-refractivity contribution in [1.82, 2.24) is 4.72 Å². The van der Waals surface area contributed by atoms with E-state index < -0.39 is 16.1 Å². The number of nitrogens with zero attached hydrogens (tertiary/aromatic N) is 1. The maximum absolute atomic E-state index is 13.8. The number of benzene rings is 3. The molecule has 0 aliphatic carbocycles. The van der Waals surface area contributed by atoms with Gasteiger partial charge in [0.25, 0.3) is 0 Å². The molecule has 3 aromatic carbocycles. The average molecular weight is 465 g/mol. The Morgan fingerprint density at radius 2 is 1.33 bits per heavy atom. The lowest BCUT2D eigenvalue weighted by atomic mass is 9.91. The number of rotatable bonds is 8. The van der Waals surface area contributed by atoms with Gasteiger partial charge in [0.05, 0.1) is 17.8 Å². The van der Waals surface area contributed by atoms with E-state index in [4.69, 9.17) is 4.99 Å². The number of hydrogen-bond acceptors (Lipinski definition) is 3. The van der Waals surface area contributed by atoms with E-state index in [1.165, 1.54) is 12.1 Å². The van der Waals surface area contributed by atoms with Gasteiger partial charge in [0.15, 0.2) is 0 Å². The van der Waals surface area contributed by atoms with Crippen molar-refractivity contribution in [3.05, 3.63) is 107 Å². The molecule has 0 spiro atoms. The van der Waals surface area contributed by atoms with E-state index in [1.807, 2.05) is 81.4 Å². The molecule has 1 N–H and O–H groups in total. The first kappa shape index (κ1) is 25.2. The molecule has 0 bridgehead atoms. The number of aliphatic imine (C=N–C) groups is 1. The molecule has 0 aliphatic heterocycles. The highest BCUT2D eigenvalue weighted by Crippen LogP contribution is 2.30. The summed E-state index contributed by atoms with van der Waals surface area (Å²) in [5, 5.41) is 0. The highest BCUT2D eigenvalue weighted by molar-refractivity contribution is 7.90. The van der Waals surface area contributed by atoms with Crippen LogP contribution in [0.15, 0.2) is 89.9 Å². The van der Waals surface area contributed by atoms with Crippen molar-refractivity contribution in [1.29, 1.82) is 0 Å². The fourth-order valence-electron chi connectivity index (χ4n) is 3.53. The summed E-state index contributed by atoms with van der Waals surface area (Å²) in [7, 11) is 0. The topological polar surface area (TPSA) is 47.4 Å². The smallest absolute Gasteiger partial charge is 0.136 e. The second-order valence-electron chi connectivity index (χ2n) is 9.47. The van der Waals surface area contributed by atoms with Crippen molar-refractivity contribution >= 4 is 17.1 Å². The molecular weight excluding hydrogens is 431 g/mol. The van der Waals surface area contributed by atoms with Crippen LogP contribution < -0.4 is 4.72 Å². The largest absolute Gasteiger partial charge is 0.598 e. The SMILES string of the molecule is CC(C)C(N[S+]([O-])C(C)(C)C)C(N=C(c1ccccc1)c1ccccc1)c1ccc(F)cc1. The minimum atomic E-state index is -1.28. The zero-order valence-corrected chi connectivity index (χ0v) is 20.8. The highest BCUT2D eigenvalue weighted by atomic mass is 32.2. The van der Waals surface area contributed by atoms with Crippen LogP contribution in [0, 0.1) is 11.7 Å². The third kappa shape index (κ3) is 6.76. The number of halogens is 1. The van der Waals surface area contributed by atoms with Gasteiger partial charge < -0.3 is 4.55 Å². The minimum absolute atomic E-state index is 0.128. The fourth-order valence-corrected chi connectivity index (χ4v) is 4.54. The van der Waals surface area contributed by atoms with Crippen LogP contribution in [-0.2, 0) is 11.4 Å². The Morgan fingerprint density at radius 1 is 0.848 bits per heavy atom. The number of nitrogens with one attached hydrogen (secondary N) is 1. The van der Waals surface area contributed by atoms with E-state index in [9.17, 15) is 8.94 Å². The molecule has 0 radical (unpaired) electrons. The van der Waals surface area contributed by atoms with Crippen LogP contribution >= 0.6 is 0 Å². The predicted octanol–water partition coefficient (Wildman–Crippen LogP) is 6.48. The predicted molar refractivity (Wildman–Crippen MR) is 137 cm³/mol. The molecule has 3 aromatic rings. The average Bonchev–Trinajstić information content (AvgIpc) is 2.79. The van der Waals surface area contributed by atoms with Crippen LogP contribution in [0.1, 0.15) is 57.4 Å². The van der Waals surface area contributed by atoms with Gasteiger partial charge in [-0.05, 0) is 44.4 Å². The Bertz CT molecular complexity index is 990. The Balaban J connectivity index is 2.18. The van der Waals surface area contributed by atoms with Gasteiger partial charge in [0.1, 0.15) is 10.6 Å².